The van der Waals surface area contributed by atoms with Crippen molar-refractivity contribution in [3.8, 4) is 0 Å². The third-order valence-corrected chi connectivity index (χ3v) is 2.79. The molecule has 0 radical (unpaired) electrons. The molecule has 1 atom stereocenters. The lowest BCUT2D eigenvalue weighted by molar-refractivity contribution is -0.141. The molecule has 0 bridgehead atoms. The summed E-state index contributed by atoms with van der Waals surface area (Å²) in [5.41, 5.74) is 0. The molecule has 0 spiro atoms. The van der Waals surface area contributed by atoms with Crippen molar-refractivity contribution in [2.45, 2.75) is 18.9 Å². The van der Waals surface area contributed by atoms with Crippen LogP contribution in [0.15, 0.2) is 12.3 Å². The summed E-state index contributed by atoms with van der Waals surface area (Å²) in [7, 11) is 1.29. The number of hydrogen-bond acceptors (Lipinski definition) is 4. The molecule has 1 fully saturated rings. The van der Waals surface area contributed by atoms with Gasteiger partial charge in [0, 0.05) is 12.6 Å². The Bertz CT molecular complexity index is 439. The first kappa shape index (κ1) is 11.8. The number of hydrogen-bond donors (Lipinski definition) is 0. The lowest BCUT2D eigenvalue weighted by atomic mass is 10.2. The summed E-state index contributed by atoms with van der Waals surface area (Å²) in [4.78, 5) is 16.7. The minimum atomic E-state index is -0.763. The molecule has 1 aliphatic rings. The van der Waals surface area contributed by atoms with Crippen LogP contribution in [0.2, 0.25) is 0 Å². The van der Waals surface area contributed by atoms with Crippen LogP contribution >= 0.6 is 0 Å². The Morgan fingerprint density at radius 1 is 1.59 bits per heavy atom. The number of aromatic nitrogens is 1. The Labute approximate surface area is 97.2 Å². The maximum Gasteiger partial charge on any atom is 0.328 e. The molecule has 1 saturated heterocycles. The number of nitrogens with zero attached hydrogens (tertiary/aromatic N) is 2. The largest absolute Gasteiger partial charge is 0.467 e. The predicted octanol–water partition coefficient (Wildman–Crippen LogP) is 1.50. The van der Waals surface area contributed by atoms with Gasteiger partial charge in [-0.25, -0.2) is 18.6 Å². The fraction of sp³-hybridized carbons (Fsp3) is 0.455. The molecule has 0 aliphatic carbocycles. The van der Waals surface area contributed by atoms with Crippen LogP contribution in [-0.2, 0) is 9.53 Å². The standard InChI is InChI=1S/C11H12F2N2O2/c1-17-11(16)9-3-2-4-15(9)10-8(13)5-7(12)6-14-10/h5-6,9H,2-4H2,1H3. The normalized spacial score (nSPS) is 19.5. The highest BCUT2D eigenvalue weighted by Crippen LogP contribution is 2.26. The average molecular weight is 242 g/mol. The van der Waals surface area contributed by atoms with Crippen molar-refractivity contribution in [1.82, 2.24) is 4.98 Å². The highest BCUT2D eigenvalue weighted by atomic mass is 19.1. The highest BCUT2D eigenvalue weighted by Gasteiger charge is 2.33. The van der Waals surface area contributed by atoms with E-state index in [0.29, 0.717) is 13.0 Å². The van der Waals surface area contributed by atoms with E-state index in [1.54, 1.807) is 0 Å². The predicted molar refractivity (Wildman–Crippen MR) is 56.5 cm³/mol. The Balaban J connectivity index is 2.29. The lowest BCUT2D eigenvalue weighted by Gasteiger charge is -2.23. The molecule has 1 unspecified atom stereocenters. The Hall–Kier alpha value is -1.72. The zero-order chi connectivity index (χ0) is 12.4. The first-order chi connectivity index (χ1) is 8.13. The number of pyridine rings is 1. The molecule has 0 saturated carbocycles. The van der Waals surface area contributed by atoms with Crippen LogP contribution in [-0.4, -0.2) is 30.6 Å². The number of carbonyl (C=O) groups is 1. The van der Waals surface area contributed by atoms with E-state index in [1.165, 1.54) is 12.0 Å². The third-order valence-electron chi connectivity index (χ3n) is 2.79. The molecule has 1 aromatic heterocycles. The van der Waals surface area contributed by atoms with E-state index < -0.39 is 23.6 Å². The molecule has 4 nitrogen and oxygen atoms in total. The summed E-state index contributed by atoms with van der Waals surface area (Å²) in [6.45, 7) is 0.509. The summed E-state index contributed by atoms with van der Waals surface area (Å²) in [6, 6.07) is 0.224. The van der Waals surface area contributed by atoms with Gasteiger partial charge in [-0.05, 0) is 12.8 Å². The second-order valence-electron chi connectivity index (χ2n) is 3.83. The van der Waals surface area contributed by atoms with Gasteiger partial charge in [0.1, 0.15) is 11.9 Å². The number of methoxy groups -OCH3 is 1. The van der Waals surface area contributed by atoms with E-state index in [1.807, 2.05) is 0 Å². The molecular formula is C11H12F2N2O2. The van der Waals surface area contributed by atoms with Crippen molar-refractivity contribution in [2.24, 2.45) is 0 Å². The van der Waals surface area contributed by atoms with Gasteiger partial charge < -0.3 is 9.64 Å². The maximum absolute atomic E-state index is 13.5. The Morgan fingerprint density at radius 3 is 3.00 bits per heavy atom. The van der Waals surface area contributed by atoms with Crippen LogP contribution in [0.4, 0.5) is 14.6 Å². The maximum atomic E-state index is 13.5. The number of halogens is 2. The molecule has 2 rings (SSSR count). The number of rotatable bonds is 2. The van der Waals surface area contributed by atoms with E-state index in [4.69, 9.17) is 0 Å². The van der Waals surface area contributed by atoms with E-state index in [2.05, 4.69) is 9.72 Å². The van der Waals surface area contributed by atoms with Crippen molar-refractivity contribution >= 4 is 11.8 Å². The average Bonchev–Trinajstić information content (AvgIpc) is 2.77. The molecule has 92 valence electrons. The number of anilines is 1. The number of esters is 1. The van der Waals surface area contributed by atoms with Crippen molar-refractivity contribution in [2.75, 3.05) is 18.6 Å². The second kappa shape index (κ2) is 4.65. The van der Waals surface area contributed by atoms with Crippen LogP contribution in [0, 0.1) is 11.6 Å². The van der Waals surface area contributed by atoms with Gasteiger partial charge in [-0.2, -0.15) is 0 Å². The van der Waals surface area contributed by atoms with Gasteiger partial charge in [0.25, 0.3) is 0 Å². The molecular weight excluding hydrogens is 230 g/mol. The second-order valence-corrected chi connectivity index (χ2v) is 3.83. The molecule has 0 N–H and O–H groups in total. The third kappa shape index (κ3) is 2.20. The first-order valence-corrected chi connectivity index (χ1v) is 5.29. The fourth-order valence-corrected chi connectivity index (χ4v) is 2.02. The minimum Gasteiger partial charge on any atom is -0.467 e. The first-order valence-electron chi connectivity index (χ1n) is 5.29. The number of ether oxygens (including phenoxy) is 1. The summed E-state index contributed by atoms with van der Waals surface area (Å²) in [6.07, 6.45) is 2.27. The molecule has 17 heavy (non-hydrogen) atoms. The fourth-order valence-electron chi connectivity index (χ4n) is 2.02. The topological polar surface area (TPSA) is 42.4 Å². The summed E-state index contributed by atoms with van der Waals surface area (Å²) in [5, 5.41) is 0. The zero-order valence-electron chi connectivity index (χ0n) is 9.32. The van der Waals surface area contributed by atoms with Gasteiger partial charge in [0.2, 0.25) is 0 Å². The van der Waals surface area contributed by atoms with Crippen LogP contribution in [0.5, 0.6) is 0 Å². The lowest BCUT2D eigenvalue weighted by Crippen LogP contribution is -2.37. The smallest absolute Gasteiger partial charge is 0.328 e. The Kier molecular flexibility index (Phi) is 3.21. The summed E-state index contributed by atoms with van der Waals surface area (Å²) >= 11 is 0. The van der Waals surface area contributed by atoms with Crippen molar-refractivity contribution < 1.29 is 18.3 Å². The van der Waals surface area contributed by atoms with E-state index >= 15 is 0 Å². The monoisotopic (exact) mass is 242 g/mol. The van der Waals surface area contributed by atoms with Gasteiger partial charge in [-0.1, -0.05) is 0 Å². The van der Waals surface area contributed by atoms with Gasteiger partial charge in [0.15, 0.2) is 11.6 Å². The van der Waals surface area contributed by atoms with Gasteiger partial charge in [0.05, 0.1) is 13.3 Å². The summed E-state index contributed by atoms with van der Waals surface area (Å²) in [5.74, 6) is -1.92. The molecule has 6 heteroatoms. The van der Waals surface area contributed by atoms with Crippen LogP contribution in [0.1, 0.15) is 12.8 Å². The Morgan fingerprint density at radius 2 is 2.35 bits per heavy atom. The molecule has 1 aromatic rings. The van der Waals surface area contributed by atoms with Crippen molar-refractivity contribution in [3.05, 3.63) is 23.9 Å². The summed E-state index contributed by atoms with van der Waals surface area (Å²) < 4.78 is 30.9. The van der Waals surface area contributed by atoms with Crippen molar-refractivity contribution in [3.63, 3.8) is 0 Å². The van der Waals surface area contributed by atoms with Gasteiger partial charge in [-0.15, -0.1) is 0 Å². The molecule has 1 aliphatic heterocycles. The molecule has 2 heterocycles. The van der Waals surface area contributed by atoms with E-state index in [9.17, 15) is 13.6 Å². The minimum absolute atomic E-state index is 0.000648. The van der Waals surface area contributed by atoms with E-state index in [0.717, 1.165) is 18.7 Å². The van der Waals surface area contributed by atoms with Gasteiger partial charge in [-0.3, -0.25) is 0 Å². The van der Waals surface area contributed by atoms with E-state index in [-0.39, 0.29) is 5.82 Å². The zero-order valence-corrected chi connectivity index (χ0v) is 9.32. The van der Waals surface area contributed by atoms with Crippen molar-refractivity contribution in [1.29, 1.82) is 0 Å². The van der Waals surface area contributed by atoms with Gasteiger partial charge >= 0.3 is 5.97 Å². The van der Waals surface area contributed by atoms with Crippen LogP contribution in [0.3, 0.4) is 0 Å². The SMILES string of the molecule is COC(=O)C1CCCN1c1ncc(F)cc1F. The quantitative estimate of drug-likeness (QED) is 0.737. The number of carbonyl (C=O) groups excluding carboxylic acids is 1. The van der Waals surface area contributed by atoms with Crippen LogP contribution < -0.4 is 4.90 Å². The highest BCUT2D eigenvalue weighted by molar-refractivity contribution is 5.80. The van der Waals surface area contributed by atoms with Crippen LogP contribution in [0.25, 0.3) is 0 Å². The molecule has 0 amide bonds. The molecule has 0 aromatic carbocycles.